The van der Waals surface area contributed by atoms with Gasteiger partial charge in [-0.1, -0.05) is 17.7 Å². The molecule has 0 saturated heterocycles. The Labute approximate surface area is 147 Å². The van der Waals surface area contributed by atoms with Crippen molar-refractivity contribution in [3.8, 4) is 0 Å². The number of nitrogens with zero attached hydrogens (tertiary/aromatic N) is 1. The lowest BCUT2D eigenvalue weighted by Gasteiger charge is -2.30. The monoisotopic (exact) mass is 352 g/mol. The van der Waals surface area contributed by atoms with Crippen LogP contribution in [0.2, 0.25) is 5.02 Å². The molecule has 0 aliphatic heterocycles. The summed E-state index contributed by atoms with van der Waals surface area (Å²) in [6, 6.07) is 9.53. The van der Waals surface area contributed by atoms with Gasteiger partial charge in [-0.05, 0) is 55.9 Å². The van der Waals surface area contributed by atoms with E-state index in [-0.39, 0.29) is 6.04 Å². The summed E-state index contributed by atoms with van der Waals surface area (Å²) < 4.78 is 10.7. The first-order valence-electron chi connectivity index (χ1n) is 7.39. The summed E-state index contributed by atoms with van der Waals surface area (Å²) in [4.78, 5) is 2.04. The first kappa shape index (κ1) is 17.8. The lowest BCUT2D eigenvalue weighted by molar-refractivity contribution is 0.160. The Kier molecular flexibility index (Phi) is 6.45. The molecule has 6 heteroatoms. The van der Waals surface area contributed by atoms with Gasteiger partial charge >= 0.3 is 0 Å². The first-order chi connectivity index (χ1) is 11.0. The number of rotatable bonds is 6. The molecule has 2 rings (SSSR count). The molecule has 1 aromatic carbocycles. The molecule has 1 heterocycles. The highest BCUT2D eigenvalue weighted by Crippen LogP contribution is 2.25. The van der Waals surface area contributed by atoms with E-state index in [4.69, 9.17) is 33.0 Å². The maximum Gasteiger partial charge on any atom is 0.174 e. The van der Waals surface area contributed by atoms with E-state index in [0.717, 1.165) is 17.0 Å². The zero-order valence-corrected chi connectivity index (χ0v) is 15.1. The Bertz CT molecular complexity index is 646. The van der Waals surface area contributed by atoms with E-state index >= 15 is 0 Å². The number of halogens is 1. The highest BCUT2D eigenvalue weighted by molar-refractivity contribution is 7.80. The zero-order valence-electron chi connectivity index (χ0n) is 13.5. The maximum absolute atomic E-state index is 6.17. The third-order valence-electron chi connectivity index (χ3n) is 3.73. The Morgan fingerprint density at radius 2 is 2.17 bits per heavy atom. The highest BCUT2D eigenvalue weighted by atomic mass is 35.5. The minimum absolute atomic E-state index is 0.000333. The summed E-state index contributed by atoms with van der Waals surface area (Å²) in [5.41, 5.74) is 1.87. The van der Waals surface area contributed by atoms with Crippen molar-refractivity contribution in [2.75, 3.05) is 25.6 Å². The first-order valence-corrected chi connectivity index (χ1v) is 8.18. The number of methoxy groups -OCH3 is 1. The average molecular weight is 353 g/mol. The molecule has 0 unspecified atom stereocenters. The van der Waals surface area contributed by atoms with E-state index in [9.17, 15) is 0 Å². The van der Waals surface area contributed by atoms with E-state index in [1.54, 1.807) is 13.4 Å². The predicted molar refractivity (Wildman–Crippen MR) is 98.1 cm³/mol. The van der Waals surface area contributed by atoms with Crippen LogP contribution in [0.25, 0.3) is 0 Å². The van der Waals surface area contributed by atoms with Gasteiger partial charge in [0.05, 0.1) is 18.9 Å². The van der Waals surface area contributed by atoms with Crippen LogP contribution in [0.4, 0.5) is 5.69 Å². The fraction of sp³-hybridized carbons (Fsp3) is 0.353. The summed E-state index contributed by atoms with van der Waals surface area (Å²) in [5, 5.41) is 4.59. The van der Waals surface area contributed by atoms with Gasteiger partial charge < -0.3 is 19.4 Å². The van der Waals surface area contributed by atoms with Crippen LogP contribution in [0.1, 0.15) is 24.3 Å². The lowest BCUT2D eigenvalue weighted by atomic mass is 10.2. The minimum atomic E-state index is -0.000333. The molecular formula is C17H21ClN2O2S. The number of benzene rings is 1. The molecular weight excluding hydrogens is 332 g/mol. The van der Waals surface area contributed by atoms with E-state index in [2.05, 4.69) is 5.32 Å². The van der Waals surface area contributed by atoms with Crippen molar-refractivity contribution >= 4 is 34.6 Å². The Morgan fingerprint density at radius 1 is 1.39 bits per heavy atom. The molecule has 0 aliphatic rings. The van der Waals surface area contributed by atoms with Crippen molar-refractivity contribution in [1.29, 1.82) is 0 Å². The highest BCUT2D eigenvalue weighted by Gasteiger charge is 2.21. The number of thiocarbonyl (C=S) groups is 1. The molecule has 0 radical (unpaired) electrons. The zero-order chi connectivity index (χ0) is 16.8. The van der Waals surface area contributed by atoms with Gasteiger partial charge in [0.25, 0.3) is 0 Å². The Hall–Kier alpha value is -1.56. The molecule has 2 aromatic rings. The van der Waals surface area contributed by atoms with Crippen molar-refractivity contribution in [1.82, 2.24) is 4.90 Å². The van der Waals surface area contributed by atoms with Crippen LogP contribution in [0.3, 0.4) is 0 Å². The SMILES string of the molecule is COCCN(C(=S)Nc1cccc(Cl)c1C)[C@@H](C)c1ccco1. The van der Waals surface area contributed by atoms with Crippen LogP contribution < -0.4 is 5.32 Å². The molecule has 1 N–H and O–H groups in total. The molecule has 23 heavy (non-hydrogen) atoms. The predicted octanol–water partition coefficient (Wildman–Crippen LogP) is 4.65. The second-order valence-corrected chi connectivity index (χ2v) is 6.01. The molecule has 0 aliphatic carbocycles. The van der Waals surface area contributed by atoms with Gasteiger partial charge in [0.15, 0.2) is 5.11 Å². The van der Waals surface area contributed by atoms with E-state index in [1.807, 2.05) is 49.1 Å². The van der Waals surface area contributed by atoms with Gasteiger partial charge in [-0.25, -0.2) is 0 Å². The molecule has 0 saturated carbocycles. The van der Waals surface area contributed by atoms with E-state index in [1.165, 1.54) is 0 Å². The largest absolute Gasteiger partial charge is 0.467 e. The molecule has 1 atom stereocenters. The number of furan rings is 1. The van der Waals surface area contributed by atoms with Gasteiger partial charge in [0.2, 0.25) is 0 Å². The van der Waals surface area contributed by atoms with Crippen molar-refractivity contribution < 1.29 is 9.15 Å². The average Bonchev–Trinajstić information content (AvgIpc) is 3.06. The third-order valence-corrected chi connectivity index (χ3v) is 4.47. The van der Waals surface area contributed by atoms with Gasteiger partial charge in [-0.15, -0.1) is 0 Å². The quantitative estimate of drug-likeness (QED) is 0.766. The Balaban J connectivity index is 2.17. The standard InChI is InChI=1S/C17H21ClN2O2S/c1-12-14(18)6-4-7-15(12)19-17(23)20(9-11-21-3)13(2)16-8-5-10-22-16/h4-8,10,13H,9,11H2,1-3H3,(H,19,23)/t13-/m0/s1. The molecule has 4 nitrogen and oxygen atoms in total. The molecule has 1 aromatic heterocycles. The van der Waals surface area contributed by atoms with Gasteiger partial charge in [-0.3, -0.25) is 0 Å². The van der Waals surface area contributed by atoms with Crippen molar-refractivity contribution in [3.63, 3.8) is 0 Å². The maximum atomic E-state index is 6.17. The number of nitrogens with one attached hydrogen (secondary N) is 1. The van der Waals surface area contributed by atoms with Crippen molar-refractivity contribution in [2.24, 2.45) is 0 Å². The summed E-state index contributed by atoms with van der Waals surface area (Å²) in [5.74, 6) is 0.855. The topological polar surface area (TPSA) is 37.6 Å². The van der Waals surface area contributed by atoms with E-state index < -0.39 is 0 Å². The van der Waals surface area contributed by atoms with Crippen LogP contribution in [0.15, 0.2) is 41.0 Å². The molecule has 0 amide bonds. The van der Waals surface area contributed by atoms with Crippen LogP contribution in [-0.4, -0.2) is 30.3 Å². The number of hydrogen-bond donors (Lipinski definition) is 1. The normalized spacial score (nSPS) is 12.0. The third kappa shape index (κ3) is 4.47. The van der Waals surface area contributed by atoms with Gasteiger partial charge in [0.1, 0.15) is 5.76 Å². The fourth-order valence-corrected chi connectivity index (χ4v) is 2.81. The second kappa shape index (κ2) is 8.34. The van der Waals surface area contributed by atoms with E-state index in [0.29, 0.717) is 23.3 Å². The number of ether oxygens (including phenoxy) is 1. The van der Waals surface area contributed by atoms with Gasteiger partial charge in [0, 0.05) is 24.4 Å². The summed E-state index contributed by atoms with van der Waals surface area (Å²) in [7, 11) is 1.67. The van der Waals surface area contributed by atoms with Crippen molar-refractivity contribution in [2.45, 2.75) is 19.9 Å². The van der Waals surface area contributed by atoms with Crippen LogP contribution in [0, 0.1) is 6.92 Å². The molecule has 0 fully saturated rings. The number of anilines is 1. The summed E-state index contributed by atoms with van der Waals surface area (Å²) in [6.07, 6.45) is 1.66. The smallest absolute Gasteiger partial charge is 0.174 e. The molecule has 0 bridgehead atoms. The number of hydrogen-bond acceptors (Lipinski definition) is 3. The second-order valence-electron chi connectivity index (χ2n) is 5.22. The fourth-order valence-electron chi connectivity index (χ4n) is 2.27. The summed E-state index contributed by atoms with van der Waals surface area (Å²) >= 11 is 11.8. The lowest BCUT2D eigenvalue weighted by Crippen LogP contribution is -2.39. The minimum Gasteiger partial charge on any atom is -0.467 e. The molecule has 124 valence electrons. The summed E-state index contributed by atoms with van der Waals surface area (Å²) in [6.45, 7) is 5.24. The van der Waals surface area contributed by atoms with Crippen LogP contribution in [0.5, 0.6) is 0 Å². The van der Waals surface area contributed by atoms with Crippen LogP contribution >= 0.6 is 23.8 Å². The van der Waals surface area contributed by atoms with Crippen LogP contribution in [-0.2, 0) is 4.74 Å². The molecule has 0 spiro atoms. The Morgan fingerprint density at radius 3 is 2.83 bits per heavy atom. The van der Waals surface area contributed by atoms with Gasteiger partial charge in [-0.2, -0.15) is 0 Å². The van der Waals surface area contributed by atoms with Crippen molar-refractivity contribution in [3.05, 3.63) is 52.9 Å².